The molecule has 0 aliphatic rings. The van der Waals surface area contributed by atoms with Crippen LogP contribution < -0.4 is 5.73 Å². The van der Waals surface area contributed by atoms with Crippen molar-refractivity contribution in [2.24, 2.45) is 5.73 Å². The lowest BCUT2D eigenvalue weighted by molar-refractivity contribution is -0.137. The summed E-state index contributed by atoms with van der Waals surface area (Å²) in [5, 5.41) is 3.65. The summed E-state index contributed by atoms with van der Waals surface area (Å²) >= 11 is 0. The fourth-order valence-corrected chi connectivity index (χ4v) is 1.51. The molecule has 0 aliphatic heterocycles. The van der Waals surface area contributed by atoms with Crippen molar-refractivity contribution in [2.45, 2.75) is 25.6 Å². The molecule has 7 heteroatoms. The zero-order chi connectivity index (χ0) is 14.0. The standard InChI is InChI=1S/C12H12F3N3O/c1-2-9(16)11-17-10(18-19-11)7-4-3-5-8(6-7)12(13,14)15/h3-6,9H,2,16H2,1H3/t9-/m1/s1. The number of nitrogens with two attached hydrogens (primary N) is 1. The molecule has 0 saturated carbocycles. The molecule has 4 nitrogen and oxygen atoms in total. The van der Waals surface area contributed by atoms with E-state index in [9.17, 15) is 13.2 Å². The minimum absolute atomic E-state index is 0.102. The van der Waals surface area contributed by atoms with Crippen molar-refractivity contribution in [3.8, 4) is 11.4 Å². The third-order valence-electron chi connectivity index (χ3n) is 2.65. The van der Waals surface area contributed by atoms with Crippen LogP contribution in [-0.2, 0) is 6.18 Å². The first-order valence-corrected chi connectivity index (χ1v) is 5.68. The van der Waals surface area contributed by atoms with Gasteiger partial charge in [0, 0.05) is 5.56 Å². The Kier molecular flexibility index (Phi) is 3.57. The summed E-state index contributed by atoms with van der Waals surface area (Å²) < 4.78 is 42.7. The molecule has 0 spiro atoms. The van der Waals surface area contributed by atoms with Crippen molar-refractivity contribution < 1.29 is 17.7 Å². The fraction of sp³-hybridized carbons (Fsp3) is 0.333. The van der Waals surface area contributed by atoms with Gasteiger partial charge < -0.3 is 10.3 Å². The SMILES string of the molecule is CC[C@@H](N)c1nc(-c2cccc(C(F)(F)F)c2)no1. The van der Waals surface area contributed by atoms with Gasteiger partial charge in [-0.3, -0.25) is 0 Å². The Labute approximate surface area is 107 Å². The Morgan fingerprint density at radius 3 is 2.74 bits per heavy atom. The lowest BCUT2D eigenvalue weighted by atomic mass is 10.1. The zero-order valence-electron chi connectivity index (χ0n) is 10.1. The predicted octanol–water partition coefficient (Wildman–Crippen LogP) is 3.17. The van der Waals surface area contributed by atoms with Gasteiger partial charge in [0.2, 0.25) is 11.7 Å². The van der Waals surface area contributed by atoms with E-state index < -0.39 is 17.8 Å². The number of alkyl halides is 3. The second-order valence-electron chi connectivity index (χ2n) is 4.05. The molecule has 0 aliphatic carbocycles. The van der Waals surface area contributed by atoms with Gasteiger partial charge in [0.1, 0.15) is 0 Å². The van der Waals surface area contributed by atoms with Gasteiger partial charge >= 0.3 is 6.18 Å². The Morgan fingerprint density at radius 2 is 2.11 bits per heavy atom. The van der Waals surface area contributed by atoms with E-state index >= 15 is 0 Å². The highest BCUT2D eigenvalue weighted by Crippen LogP contribution is 2.31. The van der Waals surface area contributed by atoms with Gasteiger partial charge in [-0.1, -0.05) is 24.2 Å². The summed E-state index contributed by atoms with van der Waals surface area (Å²) in [4.78, 5) is 4.00. The van der Waals surface area contributed by atoms with Crippen LogP contribution >= 0.6 is 0 Å². The van der Waals surface area contributed by atoms with Crippen LogP contribution in [0.25, 0.3) is 11.4 Å². The van der Waals surface area contributed by atoms with E-state index in [1.54, 1.807) is 0 Å². The molecule has 19 heavy (non-hydrogen) atoms. The van der Waals surface area contributed by atoms with Crippen LogP contribution in [-0.4, -0.2) is 10.1 Å². The van der Waals surface area contributed by atoms with Crippen LogP contribution in [0.4, 0.5) is 13.2 Å². The Bertz CT molecular complexity index is 565. The van der Waals surface area contributed by atoms with Crippen molar-refractivity contribution in [3.05, 3.63) is 35.7 Å². The summed E-state index contributed by atoms with van der Waals surface area (Å²) in [6.07, 6.45) is -3.80. The van der Waals surface area contributed by atoms with Gasteiger partial charge in [-0.25, -0.2) is 0 Å². The Hall–Kier alpha value is -1.89. The van der Waals surface area contributed by atoms with Crippen LogP contribution in [0.5, 0.6) is 0 Å². The van der Waals surface area contributed by atoms with E-state index in [4.69, 9.17) is 10.3 Å². The molecule has 0 radical (unpaired) electrons. The van der Waals surface area contributed by atoms with Crippen LogP contribution in [0.1, 0.15) is 30.8 Å². The molecule has 102 valence electrons. The molecule has 1 aromatic carbocycles. The summed E-state index contributed by atoms with van der Waals surface area (Å²) in [6, 6.07) is 4.34. The first kappa shape index (κ1) is 13.5. The zero-order valence-corrected chi connectivity index (χ0v) is 10.1. The number of rotatable bonds is 3. The Morgan fingerprint density at radius 1 is 1.37 bits per heavy atom. The maximum atomic E-state index is 12.6. The molecule has 0 saturated heterocycles. The third kappa shape index (κ3) is 2.93. The molecule has 0 amide bonds. The smallest absolute Gasteiger partial charge is 0.337 e. The van der Waals surface area contributed by atoms with Crippen molar-refractivity contribution >= 4 is 0 Å². The van der Waals surface area contributed by atoms with Gasteiger partial charge in [-0.15, -0.1) is 0 Å². The largest absolute Gasteiger partial charge is 0.416 e. The number of halogens is 3. The monoisotopic (exact) mass is 271 g/mol. The number of hydrogen-bond donors (Lipinski definition) is 1. The second-order valence-corrected chi connectivity index (χ2v) is 4.05. The maximum absolute atomic E-state index is 12.6. The second kappa shape index (κ2) is 5.00. The minimum Gasteiger partial charge on any atom is -0.337 e. The van der Waals surface area contributed by atoms with Gasteiger partial charge in [0.15, 0.2) is 0 Å². The normalized spacial score (nSPS) is 13.5. The maximum Gasteiger partial charge on any atom is 0.416 e. The Balaban J connectivity index is 2.34. The topological polar surface area (TPSA) is 64.9 Å². The predicted molar refractivity (Wildman–Crippen MR) is 62.0 cm³/mol. The number of aromatic nitrogens is 2. The quantitative estimate of drug-likeness (QED) is 0.931. The number of nitrogens with zero attached hydrogens (tertiary/aromatic N) is 2. The van der Waals surface area contributed by atoms with Crippen molar-refractivity contribution in [2.75, 3.05) is 0 Å². The van der Waals surface area contributed by atoms with Gasteiger partial charge in [0.05, 0.1) is 11.6 Å². The van der Waals surface area contributed by atoms with E-state index in [-0.39, 0.29) is 17.3 Å². The summed E-state index contributed by atoms with van der Waals surface area (Å²) in [6.45, 7) is 1.85. The van der Waals surface area contributed by atoms with Gasteiger partial charge in [-0.05, 0) is 18.6 Å². The van der Waals surface area contributed by atoms with Crippen molar-refractivity contribution in [1.29, 1.82) is 0 Å². The molecule has 1 aromatic heterocycles. The minimum atomic E-state index is -4.40. The highest BCUT2D eigenvalue weighted by molar-refractivity contribution is 5.55. The van der Waals surface area contributed by atoms with Crippen molar-refractivity contribution in [3.63, 3.8) is 0 Å². The van der Waals surface area contributed by atoms with Crippen molar-refractivity contribution in [1.82, 2.24) is 10.1 Å². The van der Waals surface area contributed by atoms with Crippen LogP contribution in [0.2, 0.25) is 0 Å². The summed E-state index contributed by atoms with van der Waals surface area (Å²) in [7, 11) is 0. The molecule has 1 heterocycles. The number of hydrogen-bond acceptors (Lipinski definition) is 4. The molecule has 2 aromatic rings. The van der Waals surface area contributed by atoms with E-state index in [0.29, 0.717) is 6.42 Å². The first-order chi connectivity index (χ1) is 8.91. The highest BCUT2D eigenvalue weighted by Gasteiger charge is 2.30. The average Bonchev–Trinajstić information content (AvgIpc) is 2.86. The molecule has 0 unspecified atom stereocenters. The first-order valence-electron chi connectivity index (χ1n) is 5.68. The van der Waals surface area contributed by atoms with E-state index in [2.05, 4.69) is 10.1 Å². The van der Waals surface area contributed by atoms with E-state index in [1.807, 2.05) is 6.92 Å². The number of benzene rings is 1. The fourth-order valence-electron chi connectivity index (χ4n) is 1.51. The molecule has 2 rings (SSSR count). The summed E-state index contributed by atoms with van der Waals surface area (Å²) in [5.41, 5.74) is 5.20. The highest BCUT2D eigenvalue weighted by atomic mass is 19.4. The van der Waals surface area contributed by atoms with Crippen LogP contribution in [0.3, 0.4) is 0 Å². The molecule has 2 N–H and O–H groups in total. The average molecular weight is 271 g/mol. The van der Waals surface area contributed by atoms with Gasteiger partial charge in [0.25, 0.3) is 0 Å². The van der Waals surface area contributed by atoms with E-state index in [0.717, 1.165) is 12.1 Å². The molecule has 0 fully saturated rings. The lowest BCUT2D eigenvalue weighted by Crippen LogP contribution is -2.08. The van der Waals surface area contributed by atoms with Crippen LogP contribution in [0, 0.1) is 0 Å². The van der Waals surface area contributed by atoms with E-state index in [1.165, 1.54) is 12.1 Å². The third-order valence-corrected chi connectivity index (χ3v) is 2.65. The molecular formula is C12H12F3N3O. The lowest BCUT2D eigenvalue weighted by Gasteiger charge is -2.06. The van der Waals surface area contributed by atoms with Crippen LogP contribution in [0.15, 0.2) is 28.8 Å². The molecule has 0 bridgehead atoms. The van der Waals surface area contributed by atoms with Gasteiger partial charge in [-0.2, -0.15) is 18.2 Å². The summed E-state index contributed by atoms with van der Waals surface area (Å²) in [5.74, 6) is 0.319. The molecule has 1 atom stereocenters. The molecular weight excluding hydrogens is 259 g/mol.